The van der Waals surface area contributed by atoms with Gasteiger partial charge in [-0.3, -0.25) is 0 Å². The average Bonchev–Trinajstić information content (AvgIpc) is 2.57. The van der Waals surface area contributed by atoms with Gasteiger partial charge in [-0.1, -0.05) is 29.8 Å². The maximum absolute atomic E-state index is 13.4. The lowest BCUT2D eigenvalue weighted by Crippen LogP contribution is -2.37. The van der Waals surface area contributed by atoms with Gasteiger partial charge >= 0.3 is 6.03 Å². The van der Waals surface area contributed by atoms with Crippen molar-refractivity contribution in [3.05, 3.63) is 65.0 Å². The van der Waals surface area contributed by atoms with E-state index in [0.29, 0.717) is 11.3 Å². The molecular formula is C18H21FN2O3. The van der Waals surface area contributed by atoms with Crippen LogP contribution < -0.4 is 15.4 Å². The fourth-order valence-corrected chi connectivity index (χ4v) is 2.27. The Labute approximate surface area is 140 Å². The first-order valence-corrected chi connectivity index (χ1v) is 7.57. The predicted octanol–water partition coefficient (Wildman–Crippen LogP) is 2.68. The van der Waals surface area contributed by atoms with Crippen LogP contribution in [-0.2, 0) is 6.54 Å². The monoisotopic (exact) mass is 332 g/mol. The van der Waals surface area contributed by atoms with Crippen LogP contribution in [0.4, 0.5) is 9.18 Å². The highest BCUT2D eigenvalue weighted by molar-refractivity contribution is 5.73. The standard InChI is InChI=1S/C18H21FN2O3/c1-12-4-3-5-14(6-12)17(22)11-21-18(23)20-10-13-7-15(19)9-16(8-13)24-2/h3-9,17,22H,10-11H2,1-2H3,(H2,20,21,23). The van der Waals surface area contributed by atoms with Crippen LogP contribution in [0.1, 0.15) is 22.8 Å². The number of amides is 2. The van der Waals surface area contributed by atoms with Gasteiger partial charge in [-0.05, 0) is 30.2 Å². The van der Waals surface area contributed by atoms with E-state index < -0.39 is 18.0 Å². The summed E-state index contributed by atoms with van der Waals surface area (Å²) in [7, 11) is 1.45. The number of aliphatic hydroxyl groups is 1. The Morgan fingerprint density at radius 1 is 1.25 bits per heavy atom. The summed E-state index contributed by atoms with van der Waals surface area (Å²) < 4.78 is 18.4. The van der Waals surface area contributed by atoms with Crippen LogP contribution in [0.15, 0.2) is 42.5 Å². The number of halogens is 1. The number of hydrogen-bond acceptors (Lipinski definition) is 3. The van der Waals surface area contributed by atoms with Gasteiger partial charge in [0.1, 0.15) is 11.6 Å². The molecule has 3 N–H and O–H groups in total. The Kier molecular flexibility index (Phi) is 6.14. The fraction of sp³-hybridized carbons (Fsp3) is 0.278. The Hall–Kier alpha value is -2.60. The minimum Gasteiger partial charge on any atom is -0.497 e. The number of ether oxygens (including phenoxy) is 1. The Bertz CT molecular complexity index is 706. The van der Waals surface area contributed by atoms with Crippen LogP contribution in [0.3, 0.4) is 0 Å². The largest absolute Gasteiger partial charge is 0.497 e. The highest BCUT2D eigenvalue weighted by atomic mass is 19.1. The molecule has 0 saturated heterocycles. The number of carbonyl (C=O) groups is 1. The topological polar surface area (TPSA) is 70.6 Å². The quantitative estimate of drug-likeness (QED) is 0.762. The summed E-state index contributed by atoms with van der Waals surface area (Å²) in [6.07, 6.45) is -0.787. The highest BCUT2D eigenvalue weighted by Gasteiger charge is 2.10. The zero-order chi connectivity index (χ0) is 17.5. The SMILES string of the molecule is COc1cc(F)cc(CNC(=O)NCC(O)c2cccc(C)c2)c1. The summed E-state index contributed by atoms with van der Waals surface area (Å²) in [5.74, 6) is -0.0384. The fourth-order valence-electron chi connectivity index (χ4n) is 2.27. The number of urea groups is 1. The van der Waals surface area contributed by atoms with Crippen LogP contribution in [-0.4, -0.2) is 24.8 Å². The molecule has 2 amide bonds. The lowest BCUT2D eigenvalue weighted by atomic mass is 10.1. The second-order valence-electron chi connectivity index (χ2n) is 5.49. The minimum absolute atomic E-state index is 0.0851. The van der Waals surface area contributed by atoms with Gasteiger partial charge in [-0.2, -0.15) is 0 Å². The van der Waals surface area contributed by atoms with Crippen LogP contribution in [0.5, 0.6) is 5.75 Å². The van der Waals surface area contributed by atoms with E-state index in [1.54, 1.807) is 12.1 Å². The molecule has 0 bridgehead atoms. The van der Waals surface area contributed by atoms with Crippen LogP contribution >= 0.6 is 0 Å². The number of aliphatic hydroxyl groups excluding tert-OH is 1. The molecule has 5 nitrogen and oxygen atoms in total. The van der Waals surface area contributed by atoms with E-state index in [1.165, 1.54) is 19.2 Å². The zero-order valence-electron chi connectivity index (χ0n) is 13.7. The molecule has 1 atom stereocenters. The molecule has 0 fully saturated rings. The van der Waals surface area contributed by atoms with Crippen molar-refractivity contribution >= 4 is 6.03 Å². The lowest BCUT2D eigenvalue weighted by molar-refractivity contribution is 0.173. The van der Waals surface area contributed by atoms with Gasteiger partial charge in [0.15, 0.2) is 0 Å². The molecule has 0 aliphatic rings. The van der Waals surface area contributed by atoms with Crippen molar-refractivity contribution in [1.82, 2.24) is 10.6 Å². The van der Waals surface area contributed by atoms with Gasteiger partial charge in [-0.15, -0.1) is 0 Å². The van der Waals surface area contributed by atoms with Crippen molar-refractivity contribution in [2.75, 3.05) is 13.7 Å². The second-order valence-corrected chi connectivity index (χ2v) is 5.49. The third-order valence-corrected chi connectivity index (χ3v) is 3.50. The average molecular weight is 332 g/mol. The van der Waals surface area contributed by atoms with Gasteiger partial charge in [0.05, 0.1) is 13.2 Å². The molecule has 6 heteroatoms. The Morgan fingerprint density at radius 2 is 2.04 bits per heavy atom. The first kappa shape index (κ1) is 17.7. The van der Waals surface area contributed by atoms with Crippen LogP contribution in [0.2, 0.25) is 0 Å². The Balaban J connectivity index is 1.82. The summed E-state index contributed by atoms with van der Waals surface area (Å²) in [6, 6.07) is 11.2. The van der Waals surface area contributed by atoms with Crippen molar-refractivity contribution in [1.29, 1.82) is 0 Å². The van der Waals surface area contributed by atoms with E-state index in [9.17, 15) is 14.3 Å². The molecule has 2 aromatic carbocycles. The Morgan fingerprint density at radius 3 is 2.75 bits per heavy atom. The number of nitrogens with one attached hydrogen (secondary N) is 2. The van der Waals surface area contributed by atoms with Crippen molar-refractivity contribution in [2.45, 2.75) is 19.6 Å². The minimum atomic E-state index is -0.787. The van der Waals surface area contributed by atoms with Crippen LogP contribution in [0, 0.1) is 12.7 Å². The molecule has 0 aliphatic carbocycles. The molecule has 24 heavy (non-hydrogen) atoms. The predicted molar refractivity (Wildman–Crippen MR) is 89.3 cm³/mol. The maximum Gasteiger partial charge on any atom is 0.315 e. The first-order chi connectivity index (χ1) is 11.5. The number of rotatable bonds is 6. The number of hydrogen-bond donors (Lipinski definition) is 3. The molecule has 0 saturated carbocycles. The number of carbonyl (C=O) groups excluding carboxylic acids is 1. The van der Waals surface area contributed by atoms with Crippen molar-refractivity contribution < 1.29 is 19.0 Å². The first-order valence-electron chi connectivity index (χ1n) is 7.57. The van der Waals surface area contributed by atoms with E-state index in [0.717, 1.165) is 11.1 Å². The number of benzene rings is 2. The molecule has 1 unspecified atom stereocenters. The van der Waals surface area contributed by atoms with Crippen molar-refractivity contribution in [3.63, 3.8) is 0 Å². The summed E-state index contributed by atoms with van der Waals surface area (Å²) in [4.78, 5) is 11.8. The van der Waals surface area contributed by atoms with E-state index in [-0.39, 0.29) is 13.1 Å². The van der Waals surface area contributed by atoms with Gasteiger partial charge in [0.2, 0.25) is 0 Å². The normalized spacial score (nSPS) is 11.7. The van der Waals surface area contributed by atoms with E-state index in [2.05, 4.69) is 10.6 Å². The molecular weight excluding hydrogens is 311 g/mol. The number of aryl methyl sites for hydroxylation is 1. The van der Waals surface area contributed by atoms with E-state index in [4.69, 9.17) is 4.74 Å². The summed E-state index contributed by atoms with van der Waals surface area (Å²) in [5, 5.41) is 15.3. The molecule has 0 spiro atoms. The summed E-state index contributed by atoms with van der Waals surface area (Å²) >= 11 is 0. The zero-order valence-corrected chi connectivity index (χ0v) is 13.7. The van der Waals surface area contributed by atoms with E-state index >= 15 is 0 Å². The molecule has 0 aromatic heterocycles. The third kappa shape index (κ3) is 5.24. The maximum atomic E-state index is 13.4. The highest BCUT2D eigenvalue weighted by Crippen LogP contribution is 2.16. The van der Waals surface area contributed by atoms with E-state index in [1.807, 2.05) is 25.1 Å². The molecule has 0 heterocycles. The summed E-state index contributed by atoms with van der Waals surface area (Å²) in [5.41, 5.74) is 2.36. The molecule has 0 radical (unpaired) electrons. The number of methoxy groups -OCH3 is 1. The molecule has 2 rings (SSSR count). The smallest absolute Gasteiger partial charge is 0.315 e. The third-order valence-electron chi connectivity index (χ3n) is 3.50. The molecule has 128 valence electrons. The van der Waals surface area contributed by atoms with Gasteiger partial charge < -0.3 is 20.5 Å². The van der Waals surface area contributed by atoms with Gasteiger partial charge in [0, 0.05) is 19.2 Å². The van der Waals surface area contributed by atoms with Crippen molar-refractivity contribution in [2.24, 2.45) is 0 Å². The van der Waals surface area contributed by atoms with Gasteiger partial charge in [0.25, 0.3) is 0 Å². The molecule has 2 aromatic rings. The van der Waals surface area contributed by atoms with Crippen molar-refractivity contribution in [3.8, 4) is 5.75 Å². The molecule has 0 aliphatic heterocycles. The second kappa shape index (κ2) is 8.31. The summed E-state index contributed by atoms with van der Waals surface area (Å²) in [6.45, 7) is 2.17. The van der Waals surface area contributed by atoms with Crippen LogP contribution in [0.25, 0.3) is 0 Å². The lowest BCUT2D eigenvalue weighted by Gasteiger charge is -2.14. The van der Waals surface area contributed by atoms with Gasteiger partial charge in [-0.25, -0.2) is 9.18 Å².